The van der Waals surface area contributed by atoms with E-state index in [-0.39, 0.29) is 11.9 Å². The first-order valence-corrected chi connectivity index (χ1v) is 9.63. The number of anilines is 1. The molecule has 7 nitrogen and oxygen atoms in total. The first-order valence-electron chi connectivity index (χ1n) is 9.63. The van der Waals surface area contributed by atoms with Crippen molar-refractivity contribution in [2.45, 2.75) is 31.9 Å². The van der Waals surface area contributed by atoms with Crippen molar-refractivity contribution < 1.29 is 19.1 Å². The topological polar surface area (TPSA) is 78.5 Å². The van der Waals surface area contributed by atoms with Crippen molar-refractivity contribution in [3.05, 3.63) is 54.0 Å². The lowest BCUT2D eigenvalue weighted by atomic mass is 10.0. The number of carbonyl (C=O) groups is 1. The minimum Gasteiger partial charge on any atom is -0.467 e. The van der Waals surface area contributed by atoms with Crippen molar-refractivity contribution in [3.63, 3.8) is 0 Å². The number of aliphatic hydroxyl groups is 1. The molecule has 2 aromatic rings. The quantitative estimate of drug-likeness (QED) is 0.859. The number of carbonyl (C=O) groups excluding carboxylic acids is 1. The van der Waals surface area contributed by atoms with E-state index in [2.05, 4.69) is 5.10 Å². The van der Waals surface area contributed by atoms with Crippen LogP contribution in [0.15, 0.2) is 52.2 Å². The highest BCUT2D eigenvalue weighted by atomic mass is 16.5. The maximum absolute atomic E-state index is 13.1. The predicted octanol–water partition coefficient (Wildman–Crippen LogP) is 2.83. The van der Waals surface area contributed by atoms with Gasteiger partial charge < -0.3 is 19.2 Å². The molecule has 0 aliphatic carbocycles. The fourth-order valence-corrected chi connectivity index (χ4v) is 3.67. The Balaban J connectivity index is 1.45. The molecular formula is C21H25N3O4. The Kier molecular flexibility index (Phi) is 5.45. The highest BCUT2D eigenvalue weighted by Gasteiger charge is 2.31. The molecule has 1 aromatic carbocycles. The molecule has 1 fully saturated rings. The lowest BCUT2D eigenvalue weighted by Gasteiger charge is -2.36. The second-order valence-corrected chi connectivity index (χ2v) is 7.25. The first kappa shape index (κ1) is 18.7. The van der Waals surface area contributed by atoms with Crippen molar-refractivity contribution in [2.24, 2.45) is 5.10 Å². The molecule has 0 bridgehead atoms. The summed E-state index contributed by atoms with van der Waals surface area (Å²) in [7, 11) is 0. The van der Waals surface area contributed by atoms with E-state index < -0.39 is 6.10 Å². The van der Waals surface area contributed by atoms with Gasteiger partial charge in [-0.2, -0.15) is 5.10 Å². The van der Waals surface area contributed by atoms with Crippen molar-refractivity contribution in [2.75, 3.05) is 31.3 Å². The van der Waals surface area contributed by atoms with Gasteiger partial charge in [-0.25, -0.2) is 0 Å². The Hall–Kier alpha value is -2.64. The summed E-state index contributed by atoms with van der Waals surface area (Å²) in [6.45, 7) is 4.30. The lowest BCUT2D eigenvalue weighted by Crippen LogP contribution is -2.49. The van der Waals surface area contributed by atoms with E-state index in [0.29, 0.717) is 37.5 Å². The Morgan fingerprint density at radius 1 is 1.29 bits per heavy atom. The third kappa shape index (κ3) is 3.95. The number of aliphatic hydroxyl groups excluding tert-OH is 1. The van der Waals surface area contributed by atoms with Gasteiger partial charge in [0.05, 0.1) is 31.2 Å². The summed E-state index contributed by atoms with van der Waals surface area (Å²) >= 11 is 0. The lowest BCUT2D eigenvalue weighted by molar-refractivity contribution is -0.0195. The predicted molar refractivity (Wildman–Crippen MR) is 105 cm³/mol. The Labute approximate surface area is 164 Å². The average molecular weight is 383 g/mol. The number of nitrogens with zero attached hydrogens (tertiary/aromatic N) is 3. The number of furan rings is 1. The number of amides is 1. The van der Waals surface area contributed by atoms with Crippen LogP contribution in [0.5, 0.6) is 0 Å². The van der Waals surface area contributed by atoms with E-state index in [1.807, 2.05) is 36.2 Å². The molecular weight excluding hydrogens is 358 g/mol. The molecule has 1 amide bonds. The smallest absolute Gasteiger partial charge is 0.254 e. The van der Waals surface area contributed by atoms with Gasteiger partial charge in [0.2, 0.25) is 0 Å². The van der Waals surface area contributed by atoms with Crippen molar-refractivity contribution in [1.29, 1.82) is 0 Å². The van der Waals surface area contributed by atoms with Gasteiger partial charge in [-0.1, -0.05) is 0 Å². The van der Waals surface area contributed by atoms with Crippen LogP contribution in [0, 0.1) is 0 Å². The number of benzene rings is 1. The highest BCUT2D eigenvalue weighted by molar-refractivity contribution is 5.95. The molecule has 28 heavy (non-hydrogen) atoms. The Bertz CT molecular complexity index is 832. The summed E-state index contributed by atoms with van der Waals surface area (Å²) in [5, 5.41) is 16.9. The molecule has 0 saturated carbocycles. The summed E-state index contributed by atoms with van der Waals surface area (Å²) < 4.78 is 10.8. The number of ether oxygens (including phenoxy) is 1. The normalized spacial score (nSPS) is 20.9. The van der Waals surface area contributed by atoms with E-state index in [4.69, 9.17) is 9.15 Å². The summed E-state index contributed by atoms with van der Waals surface area (Å²) in [6.07, 6.45) is 2.11. The molecule has 3 heterocycles. The number of hydrazone groups is 1. The van der Waals surface area contributed by atoms with E-state index >= 15 is 0 Å². The number of rotatable bonds is 5. The van der Waals surface area contributed by atoms with Crippen LogP contribution in [-0.2, 0) is 4.74 Å². The maximum atomic E-state index is 13.1. The van der Waals surface area contributed by atoms with Gasteiger partial charge in [0.25, 0.3) is 5.91 Å². The molecule has 0 spiro atoms. The fraction of sp³-hybridized carbons (Fsp3) is 0.429. The molecule has 4 rings (SSSR count). The van der Waals surface area contributed by atoms with E-state index in [1.54, 1.807) is 17.0 Å². The standard InChI is InChI=1S/C21H25N3O4/c1-15-8-9-24(22-15)17-6-4-16(5-7-17)21(26)23-10-12-27-14-18(23)13-19(25)20-3-2-11-28-20/h2-7,11,18-19,25H,8-10,12-14H2,1H3. The summed E-state index contributed by atoms with van der Waals surface area (Å²) in [5.74, 6) is 0.455. The first-order chi connectivity index (χ1) is 13.6. The Morgan fingerprint density at radius 3 is 2.79 bits per heavy atom. The minimum absolute atomic E-state index is 0.0485. The largest absolute Gasteiger partial charge is 0.467 e. The van der Waals surface area contributed by atoms with Crippen molar-refractivity contribution >= 4 is 17.3 Å². The van der Waals surface area contributed by atoms with E-state index in [0.717, 1.165) is 24.4 Å². The molecule has 7 heteroatoms. The molecule has 2 aliphatic rings. The van der Waals surface area contributed by atoms with Gasteiger partial charge in [-0.3, -0.25) is 9.80 Å². The SMILES string of the molecule is CC1=NN(c2ccc(C(=O)N3CCOCC3CC(O)c3ccco3)cc2)CC1. The monoisotopic (exact) mass is 383 g/mol. The van der Waals surface area contributed by atoms with Crippen molar-refractivity contribution in [1.82, 2.24) is 4.90 Å². The third-order valence-corrected chi connectivity index (χ3v) is 5.24. The maximum Gasteiger partial charge on any atom is 0.254 e. The molecule has 2 unspecified atom stereocenters. The summed E-state index contributed by atoms with van der Waals surface area (Å²) in [5.41, 5.74) is 2.73. The molecule has 1 saturated heterocycles. The molecule has 1 N–H and O–H groups in total. The molecule has 0 radical (unpaired) electrons. The zero-order valence-electron chi connectivity index (χ0n) is 16.0. The van der Waals surface area contributed by atoms with E-state index in [1.165, 1.54) is 6.26 Å². The van der Waals surface area contributed by atoms with Gasteiger partial charge in [-0.15, -0.1) is 0 Å². The van der Waals surface area contributed by atoms with Gasteiger partial charge >= 0.3 is 0 Å². The molecule has 148 valence electrons. The van der Waals surface area contributed by atoms with Crippen LogP contribution >= 0.6 is 0 Å². The fourth-order valence-electron chi connectivity index (χ4n) is 3.67. The van der Waals surface area contributed by atoms with Gasteiger partial charge in [0.1, 0.15) is 11.9 Å². The number of hydrogen-bond acceptors (Lipinski definition) is 6. The molecule has 2 aliphatic heterocycles. The van der Waals surface area contributed by atoms with Crippen LogP contribution < -0.4 is 5.01 Å². The van der Waals surface area contributed by atoms with Crippen molar-refractivity contribution in [3.8, 4) is 0 Å². The van der Waals surface area contributed by atoms with Gasteiger partial charge in [-0.05, 0) is 43.3 Å². The Morgan fingerprint density at radius 2 is 2.11 bits per heavy atom. The number of morpholine rings is 1. The third-order valence-electron chi connectivity index (χ3n) is 5.24. The average Bonchev–Trinajstić information content (AvgIpc) is 3.40. The van der Waals surface area contributed by atoms with Crippen LogP contribution in [-0.4, -0.2) is 54.0 Å². The van der Waals surface area contributed by atoms with Gasteiger partial charge in [0, 0.05) is 37.2 Å². The number of hydrogen-bond donors (Lipinski definition) is 1. The zero-order chi connectivity index (χ0) is 19.5. The van der Waals surface area contributed by atoms with Gasteiger partial charge in [0.15, 0.2) is 0 Å². The highest BCUT2D eigenvalue weighted by Crippen LogP contribution is 2.25. The van der Waals surface area contributed by atoms with E-state index in [9.17, 15) is 9.90 Å². The minimum atomic E-state index is -0.768. The summed E-state index contributed by atoms with van der Waals surface area (Å²) in [4.78, 5) is 14.9. The second kappa shape index (κ2) is 8.16. The second-order valence-electron chi connectivity index (χ2n) is 7.25. The van der Waals surface area contributed by atoms with Crippen LogP contribution in [0.3, 0.4) is 0 Å². The molecule has 2 atom stereocenters. The van der Waals surface area contributed by atoms with Crippen LogP contribution in [0.2, 0.25) is 0 Å². The van der Waals surface area contributed by atoms with Crippen LogP contribution in [0.4, 0.5) is 5.69 Å². The zero-order valence-corrected chi connectivity index (χ0v) is 16.0. The molecule has 1 aromatic heterocycles. The summed E-state index contributed by atoms with van der Waals surface area (Å²) in [6, 6.07) is 10.8. The van der Waals surface area contributed by atoms with Crippen LogP contribution in [0.25, 0.3) is 0 Å². The van der Waals surface area contributed by atoms with Crippen LogP contribution in [0.1, 0.15) is 42.0 Å².